The van der Waals surface area contributed by atoms with Crippen LogP contribution in [0.5, 0.6) is 5.75 Å². The van der Waals surface area contributed by atoms with Crippen LogP contribution in [-0.4, -0.2) is 20.5 Å². The topological polar surface area (TPSA) is 70.3 Å². The third-order valence-corrected chi connectivity index (χ3v) is 4.99. The number of carbonyl (C=O) groups excluding carboxylic acids is 1. The van der Waals surface area contributed by atoms with Crippen molar-refractivity contribution in [3.63, 3.8) is 0 Å². The molecule has 1 atom stereocenters. The molecule has 0 spiro atoms. The summed E-state index contributed by atoms with van der Waals surface area (Å²) < 4.78 is 44.8. The van der Waals surface area contributed by atoms with E-state index in [9.17, 15) is 27.6 Å². The number of rotatable bonds is 5. The van der Waals surface area contributed by atoms with Crippen molar-refractivity contribution in [1.29, 1.82) is 0 Å². The molecule has 28 heavy (non-hydrogen) atoms. The molecule has 1 aromatic heterocycles. The molecule has 0 saturated heterocycles. The minimum atomic E-state index is -4.86. The maximum atomic E-state index is 12.9. The monoisotopic (exact) mass is 458 g/mol. The second-order valence-electron chi connectivity index (χ2n) is 5.71. The number of aromatic nitrogens is 2. The van der Waals surface area contributed by atoms with Gasteiger partial charge in [0.15, 0.2) is 6.10 Å². The van der Waals surface area contributed by atoms with E-state index in [2.05, 4.69) is 0 Å². The van der Waals surface area contributed by atoms with Crippen LogP contribution in [0.4, 0.5) is 13.2 Å². The fourth-order valence-electron chi connectivity index (χ4n) is 2.28. The van der Waals surface area contributed by atoms with Crippen LogP contribution in [0.3, 0.4) is 0 Å². The molecule has 0 N–H and O–H groups in total. The van der Waals surface area contributed by atoms with E-state index in [1.165, 1.54) is 19.1 Å². The highest BCUT2D eigenvalue weighted by Gasteiger charge is 2.35. The van der Waals surface area contributed by atoms with Crippen molar-refractivity contribution in [2.24, 2.45) is 7.05 Å². The van der Waals surface area contributed by atoms with Crippen molar-refractivity contribution in [3.05, 3.63) is 60.3 Å². The standard InChI is InChI=1S/C16H12Cl3F3N2O4/c1-7(14(19)26)28-9-4-3-8(12(17)13(9)18)6-24-11(25)5-10(16(20,21)22)23(2)15(24)27/h3-5,7H,6H2,1-2H3. The van der Waals surface area contributed by atoms with E-state index in [-0.39, 0.29) is 21.4 Å². The molecule has 1 heterocycles. The van der Waals surface area contributed by atoms with Crippen LogP contribution in [0.25, 0.3) is 0 Å². The second-order valence-corrected chi connectivity index (χ2v) is 6.84. The zero-order valence-corrected chi connectivity index (χ0v) is 16.6. The van der Waals surface area contributed by atoms with E-state index in [0.717, 1.165) is 7.05 Å². The molecule has 0 radical (unpaired) electrons. The van der Waals surface area contributed by atoms with Gasteiger partial charge in [-0.3, -0.25) is 18.7 Å². The molecule has 0 saturated carbocycles. The zero-order valence-electron chi connectivity index (χ0n) is 14.3. The minimum absolute atomic E-state index is 0.0320. The van der Waals surface area contributed by atoms with Crippen molar-refractivity contribution in [3.8, 4) is 5.75 Å². The molecule has 2 rings (SSSR count). The maximum Gasteiger partial charge on any atom is 0.431 e. The summed E-state index contributed by atoms with van der Waals surface area (Å²) in [7, 11) is 0.900. The summed E-state index contributed by atoms with van der Waals surface area (Å²) in [6, 6.07) is 3.01. The van der Waals surface area contributed by atoms with Gasteiger partial charge in [-0.1, -0.05) is 29.3 Å². The molecule has 0 amide bonds. The summed E-state index contributed by atoms with van der Waals surface area (Å²) in [5.74, 6) is 0.0320. The number of alkyl halides is 3. The first-order valence-corrected chi connectivity index (χ1v) is 8.69. The van der Waals surface area contributed by atoms with Gasteiger partial charge in [0.1, 0.15) is 16.5 Å². The van der Waals surface area contributed by atoms with Gasteiger partial charge in [-0.15, -0.1) is 0 Å². The molecule has 12 heteroatoms. The Bertz CT molecular complexity index is 1050. The van der Waals surface area contributed by atoms with Gasteiger partial charge < -0.3 is 4.74 Å². The van der Waals surface area contributed by atoms with E-state index in [1.54, 1.807) is 0 Å². The van der Waals surface area contributed by atoms with Gasteiger partial charge in [0, 0.05) is 13.1 Å². The minimum Gasteiger partial charge on any atom is -0.480 e. The average molecular weight is 460 g/mol. The number of hydrogen-bond donors (Lipinski definition) is 0. The summed E-state index contributed by atoms with van der Waals surface area (Å²) in [4.78, 5) is 35.3. The quantitative estimate of drug-likeness (QED) is 0.642. The third kappa shape index (κ3) is 4.53. The molecule has 1 aromatic carbocycles. The maximum absolute atomic E-state index is 12.9. The fourth-order valence-corrected chi connectivity index (χ4v) is 2.77. The highest BCUT2D eigenvalue weighted by Crippen LogP contribution is 2.35. The van der Waals surface area contributed by atoms with Crippen molar-refractivity contribution in [1.82, 2.24) is 9.13 Å². The number of ether oxygens (including phenoxy) is 1. The van der Waals surface area contributed by atoms with Crippen LogP contribution in [0.15, 0.2) is 27.8 Å². The Morgan fingerprint density at radius 1 is 1.21 bits per heavy atom. The summed E-state index contributed by atoms with van der Waals surface area (Å²) in [6.45, 7) is 0.964. The smallest absolute Gasteiger partial charge is 0.431 e. The van der Waals surface area contributed by atoms with E-state index >= 15 is 0 Å². The lowest BCUT2D eigenvalue weighted by atomic mass is 10.2. The third-order valence-electron chi connectivity index (χ3n) is 3.77. The molecular weight excluding hydrogens is 448 g/mol. The largest absolute Gasteiger partial charge is 0.480 e. The zero-order chi connectivity index (χ0) is 21.4. The molecule has 0 aliphatic carbocycles. The predicted molar refractivity (Wildman–Crippen MR) is 97.5 cm³/mol. The van der Waals surface area contributed by atoms with Gasteiger partial charge in [-0.2, -0.15) is 13.2 Å². The van der Waals surface area contributed by atoms with E-state index in [1.807, 2.05) is 0 Å². The SMILES string of the molecule is CC(Oc1ccc(Cn2c(=O)cc(C(F)(F)F)n(C)c2=O)c(Cl)c1Cl)C(=O)Cl. The lowest BCUT2D eigenvalue weighted by Gasteiger charge is -2.16. The first kappa shape index (κ1) is 22.3. The second kappa shape index (κ2) is 8.18. The summed E-state index contributed by atoms with van der Waals surface area (Å²) in [5.41, 5.74) is -3.51. The number of halogens is 6. The Hall–Kier alpha value is -1.97. The average Bonchev–Trinajstić information content (AvgIpc) is 2.59. The van der Waals surface area contributed by atoms with Crippen molar-refractivity contribution in [2.45, 2.75) is 25.7 Å². The first-order chi connectivity index (χ1) is 12.8. The normalized spacial score (nSPS) is 12.7. The van der Waals surface area contributed by atoms with Crippen LogP contribution in [0.1, 0.15) is 18.2 Å². The van der Waals surface area contributed by atoms with E-state index in [0.29, 0.717) is 15.2 Å². The van der Waals surface area contributed by atoms with Gasteiger partial charge in [-0.05, 0) is 30.2 Å². The predicted octanol–water partition coefficient (Wildman–Crippen LogP) is 3.45. The molecule has 6 nitrogen and oxygen atoms in total. The van der Waals surface area contributed by atoms with Gasteiger partial charge in [0.2, 0.25) is 0 Å². The van der Waals surface area contributed by atoms with Crippen molar-refractivity contribution in [2.75, 3.05) is 0 Å². The Morgan fingerprint density at radius 3 is 2.36 bits per heavy atom. The van der Waals surface area contributed by atoms with Gasteiger partial charge in [0.25, 0.3) is 10.8 Å². The number of carbonyl (C=O) groups is 1. The lowest BCUT2D eigenvalue weighted by molar-refractivity contribution is -0.144. The molecular formula is C16H12Cl3F3N2O4. The fraction of sp³-hybridized carbons (Fsp3) is 0.312. The van der Waals surface area contributed by atoms with Crippen LogP contribution >= 0.6 is 34.8 Å². The Balaban J connectivity index is 2.46. The Kier molecular flexibility index (Phi) is 6.52. The van der Waals surface area contributed by atoms with Crippen LogP contribution < -0.4 is 16.0 Å². The molecule has 0 bridgehead atoms. The van der Waals surface area contributed by atoms with Crippen molar-refractivity contribution >= 4 is 40.0 Å². The van der Waals surface area contributed by atoms with Gasteiger partial charge >= 0.3 is 11.9 Å². The molecule has 0 fully saturated rings. The number of benzene rings is 1. The van der Waals surface area contributed by atoms with Crippen LogP contribution in [0.2, 0.25) is 10.0 Å². The molecule has 1 unspecified atom stereocenters. The lowest BCUT2D eigenvalue weighted by Crippen LogP contribution is -2.41. The number of nitrogens with zero attached hydrogens (tertiary/aromatic N) is 2. The summed E-state index contributed by atoms with van der Waals surface area (Å²) in [5, 5.41) is -0.973. The molecule has 0 aliphatic rings. The highest BCUT2D eigenvalue weighted by atomic mass is 35.5. The molecule has 2 aromatic rings. The van der Waals surface area contributed by atoms with E-state index in [4.69, 9.17) is 39.5 Å². The first-order valence-electron chi connectivity index (χ1n) is 7.55. The van der Waals surface area contributed by atoms with Gasteiger partial charge in [-0.25, -0.2) is 4.79 Å². The van der Waals surface area contributed by atoms with Crippen LogP contribution in [-0.2, 0) is 24.6 Å². The number of hydrogen-bond acceptors (Lipinski definition) is 4. The summed E-state index contributed by atoms with van der Waals surface area (Å²) in [6.07, 6.45) is -5.87. The Labute approximate surface area is 171 Å². The van der Waals surface area contributed by atoms with Crippen LogP contribution in [0, 0.1) is 0 Å². The van der Waals surface area contributed by atoms with E-state index < -0.39 is 41.0 Å². The van der Waals surface area contributed by atoms with Crippen molar-refractivity contribution < 1.29 is 22.7 Å². The summed E-state index contributed by atoms with van der Waals surface area (Å²) >= 11 is 17.5. The molecule has 152 valence electrons. The highest BCUT2D eigenvalue weighted by molar-refractivity contribution is 6.64. The molecule has 0 aliphatic heterocycles. The van der Waals surface area contributed by atoms with Gasteiger partial charge in [0.05, 0.1) is 11.6 Å². The Morgan fingerprint density at radius 2 is 1.82 bits per heavy atom.